The van der Waals surface area contributed by atoms with Gasteiger partial charge in [-0.1, -0.05) is 13.3 Å². The zero-order valence-electron chi connectivity index (χ0n) is 11.7. The lowest BCUT2D eigenvalue weighted by molar-refractivity contribution is -0.144. The summed E-state index contributed by atoms with van der Waals surface area (Å²) in [5, 5.41) is 11.9. The Kier molecular flexibility index (Phi) is 4.59. The average Bonchev–Trinajstić information content (AvgIpc) is 3.10. The number of nitrogens with one attached hydrogen (secondary N) is 1. The number of hydrogen-bond acceptors (Lipinski definition) is 2. The first-order valence-electron chi connectivity index (χ1n) is 6.60. The highest BCUT2D eigenvalue weighted by molar-refractivity contribution is 5.85. The summed E-state index contributed by atoms with van der Waals surface area (Å²) in [4.78, 5) is 24.9. The van der Waals surface area contributed by atoms with Gasteiger partial charge in [-0.2, -0.15) is 0 Å². The number of carbonyl (C=O) groups is 2. The lowest BCUT2D eigenvalue weighted by Crippen LogP contribution is -2.56. The molecule has 1 aliphatic carbocycles. The van der Waals surface area contributed by atoms with Crippen LogP contribution in [0.15, 0.2) is 0 Å². The van der Waals surface area contributed by atoms with Gasteiger partial charge in [0, 0.05) is 13.1 Å². The minimum Gasteiger partial charge on any atom is -0.480 e. The van der Waals surface area contributed by atoms with E-state index in [1.165, 1.54) is 0 Å². The lowest BCUT2D eigenvalue weighted by atomic mass is 9.96. The van der Waals surface area contributed by atoms with Gasteiger partial charge in [0.1, 0.15) is 5.54 Å². The zero-order valence-corrected chi connectivity index (χ0v) is 11.7. The van der Waals surface area contributed by atoms with Crippen LogP contribution in [0.1, 0.15) is 46.5 Å². The predicted octanol–water partition coefficient (Wildman–Crippen LogP) is 2.07. The van der Waals surface area contributed by atoms with Crippen LogP contribution in [0.5, 0.6) is 0 Å². The summed E-state index contributed by atoms with van der Waals surface area (Å²) >= 11 is 0. The molecule has 1 aliphatic rings. The van der Waals surface area contributed by atoms with Gasteiger partial charge in [-0.25, -0.2) is 9.59 Å². The number of amides is 2. The molecule has 0 heterocycles. The van der Waals surface area contributed by atoms with Crippen molar-refractivity contribution >= 4 is 12.0 Å². The molecule has 0 bridgehead atoms. The van der Waals surface area contributed by atoms with Crippen molar-refractivity contribution < 1.29 is 14.7 Å². The first-order chi connectivity index (χ1) is 8.31. The van der Waals surface area contributed by atoms with Gasteiger partial charge in [-0.05, 0) is 39.0 Å². The number of nitrogens with zero attached hydrogens (tertiary/aromatic N) is 1. The van der Waals surface area contributed by atoms with E-state index in [-0.39, 0.29) is 12.1 Å². The lowest BCUT2D eigenvalue weighted by Gasteiger charge is -2.31. The standard InChI is InChI=1S/C13H24N2O3/c1-5-8-13(3,11(16)17)14-12(18)15(4)9(2)10-6-7-10/h9-10H,5-8H2,1-4H3,(H,14,18)(H,16,17). The van der Waals surface area contributed by atoms with E-state index in [1.54, 1.807) is 18.9 Å². The van der Waals surface area contributed by atoms with Gasteiger partial charge < -0.3 is 15.3 Å². The van der Waals surface area contributed by atoms with Gasteiger partial charge in [0.25, 0.3) is 0 Å². The number of carboxylic acid groups (broad SMARTS) is 1. The number of carboxylic acids is 1. The van der Waals surface area contributed by atoms with Crippen molar-refractivity contribution in [1.29, 1.82) is 0 Å². The largest absolute Gasteiger partial charge is 0.480 e. The second kappa shape index (κ2) is 5.59. The van der Waals surface area contributed by atoms with Crippen LogP contribution in [0.25, 0.3) is 0 Å². The first kappa shape index (κ1) is 14.8. The molecular weight excluding hydrogens is 232 g/mol. The van der Waals surface area contributed by atoms with Gasteiger partial charge in [-0.3, -0.25) is 0 Å². The highest BCUT2D eigenvalue weighted by atomic mass is 16.4. The number of rotatable bonds is 6. The Labute approximate surface area is 109 Å². The topological polar surface area (TPSA) is 69.6 Å². The summed E-state index contributed by atoms with van der Waals surface area (Å²) in [7, 11) is 1.73. The molecular formula is C13H24N2O3. The molecule has 0 spiro atoms. The smallest absolute Gasteiger partial charge is 0.329 e. The molecule has 2 amide bonds. The second-order valence-electron chi connectivity index (χ2n) is 5.51. The molecule has 0 saturated heterocycles. The zero-order chi connectivity index (χ0) is 13.9. The van der Waals surface area contributed by atoms with Gasteiger partial charge in [0.15, 0.2) is 0 Å². The predicted molar refractivity (Wildman–Crippen MR) is 69.4 cm³/mol. The van der Waals surface area contributed by atoms with Crippen LogP contribution < -0.4 is 5.32 Å². The summed E-state index contributed by atoms with van der Waals surface area (Å²) < 4.78 is 0. The fourth-order valence-electron chi connectivity index (χ4n) is 2.13. The molecule has 1 rings (SSSR count). The first-order valence-corrected chi connectivity index (χ1v) is 6.60. The highest BCUT2D eigenvalue weighted by Crippen LogP contribution is 2.34. The quantitative estimate of drug-likeness (QED) is 0.764. The summed E-state index contributed by atoms with van der Waals surface area (Å²) in [5.41, 5.74) is -1.18. The fourth-order valence-corrected chi connectivity index (χ4v) is 2.13. The Morgan fingerprint density at radius 2 is 2.06 bits per heavy atom. The van der Waals surface area contributed by atoms with E-state index < -0.39 is 11.5 Å². The molecule has 2 unspecified atom stereocenters. The summed E-state index contributed by atoms with van der Waals surface area (Å²) in [6.45, 7) is 5.48. The normalized spacial score (nSPS) is 19.8. The molecule has 0 aromatic rings. The van der Waals surface area contributed by atoms with Gasteiger partial charge in [-0.15, -0.1) is 0 Å². The SMILES string of the molecule is CCCC(C)(NC(=O)N(C)C(C)C1CC1)C(=O)O. The third kappa shape index (κ3) is 3.37. The molecule has 0 aromatic carbocycles. The van der Waals surface area contributed by atoms with E-state index in [4.69, 9.17) is 0 Å². The molecule has 5 nitrogen and oxygen atoms in total. The van der Waals surface area contributed by atoms with Crippen LogP contribution in [-0.2, 0) is 4.79 Å². The van der Waals surface area contributed by atoms with Crippen molar-refractivity contribution in [1.82, 2.24) is 10.2 Å². The van der Waals surface area contributed by atoms with E-state index in [0.29, 0.717) is 18.8 Å². The Morgan fingerprint density at radius 1 is 1.50 bits per heavy atom. The van der Waals surface area contributed by atoms with E-state index in [2.05, 4.69) is 5.32 Å². The molecule has 5 heteroatoms. The van der Waals surface area contributed by atoms with E-state index >= 15 is 0 Å². The van der Waals surface area contributed by atoms with Crippen LogP contribution >= 0.6 is 0 Å². The minimum atomic E-state index is -1.18. The van der Waals surface area contributed by atoms with Crippen LogP contribution in [0.2, 0.25) is 0 Å². The van der Waals surface area contributed by atoms with E-state index in [1.807, 2.05) is 13.8 Å². The molecule has 0 aliphatic heterocycles. The Balaban J connectivity index is 2.62. The maximum atomic E-state index is 12.1. The molecule has 2 atom stereocenters. The number of aliphatic carboxylic acids is 1. The van der Waals surface area contributed by atoms with Crippen molar-refractivity contribution in [3.63, 3.8) is 0 Å². The minimum absolute atomic E-state index is 0.171. The summed E-state index contributed by atoms with van der Waals surface area (Å²) in [5.74, 6) is -0.409. The second-order valence-corrected chi connectivity index (χ2v) is 5.51. The Bertz CT molecular complexity index is 328. The monoisotopic (exact) mass is 256 g/mol. The maximum absolute atomic E-state index is 12.1. The van der Waals surface area contributed by atoms with Crippen LogP contribution in [0.3, 0.4) is 0 Å². The number of carbonyl (C=O) groups excluding carboxylic acids is 1. The van der Waals surface area contributed by atoms with Gasteiger partial charge >= 0.3 is 12.0 Å². The van der Waals surface area contributed by atoms with Gasteiger partial charge in [0.2, 0.25) is 0 Å². The van der Waals surface area contributed by atoms with E-state index in [0.717, 1.165) is 12.8 Å². The molecule has 0 radical (unpaired) electrons. The van der Waals surface area contributed by atoms with Crippen molar-refractivity contribution in [2.24, 2.45) is 5.92 Å². The molecule has 0 aromatic heterocycles. The Morgan fingerprint density at radius 3 is 2.44 bits per heavy atom. The van der Waals surface area contributed by atoms with Crippen molar-refractivity contribution in [2.45, 2.75) is 58.0 Å². The number of hydrogen-bond donors (Lipinski definition) is 2. The third-order valence-electron chi connectivity index (χ3n) is 3.84. The van der Waals surface area contributed by atoms with Crippen molar-refractivity contribution in [3.8, 4) is 0 Å². The van der Waals surface area contributed by atoms with Crippen LogP contribution in [0, 0.1) is 5.92 Å². The summed E-state index contributed by atoms with van der Waals surface area (Å²) in [6.07, 6.45) is 3.46. The Hall–Kier alpha value is -1.26. The van der Waals surface area contributed by atoms with Gasteiger partial charge in [0.05, 0.1) is 0 Å². The van der Waals surface area contributed by atoms with Crippen LogP contribution in [0.4, 0.5) is 4.79 Å². The molecule has 2 N–H and O–H groups in total. The van der Waals surface area contributed by atoms with Crippen molar-refractivity contribution in [2.75, 3.05) is 7.05 Å². The van der Waals surface area contributed by atoms with E-state index in [9.17, 15) is 14.7 Å². The number of urea groups is 1. The third-order valence-corrected chi connectivity index (χ3v) is 3.84. The average molecular weight is 256 g/mol. The highest BCUT2D eigenvalue weighted by Gasteiger charge is 2.37. The van der Waals surface area contributed by atoms with Crippen molar-refractivity contribution in [3.05, 3.63) is 0 Å². The molecule has 1 fully saturated rings. The maximum Gasteiger partial charge on any atom is 0.329 e. The molecule has 104 valence electrons. The van der Waals surface area contributed by atoms with Crippen LogP contribution in [-0.4, -0.2) is 40.6 Å². The fraction of sp³-hybridized carbons (Fsp3) is 0.846. The summed E-state index contributed by atoms with van der Waals surface area (Å²) in [6, 6.07) is -0.127. The molecule has 18 heavy (non-hydrogen) atoms. The molecule has 1 saturated carbocycles.